The first kappa shape index (κ1) is 13.9. The van der Waals surface area contributed by atoms with Crippen LogP contribution in [0.1, 0.15) is 43.7 Å². The monoisotopic (exact) mass is 249 g/mol. The van der Waals surface area contributed by atoms with Gasteiger partial charge in [0.05, 0.1) is 5.02 Å². The van der Waals surface area contributed by atoms with Gasteiger partial charge in [-0.05, 0) is 30.5 Å². The fourth-order valence-corrected chi connectivity index (χ4v) is 2.17. The van der Waals surface area contributed by atoms with Gasteiger partial charge in [-0.15, -0.1) is 6.42 Å². The molecule has 92 valence electrons. The van der Waals surface area contributed by atoms with Gasteiger partial charge in [0.15, 0.2) is 0 Å². The molecule has 1 aromatic carbocycles. The molecule has 2 rings (SSSR count). The first-order valence-corrected chi connectivity index (χ1v) is 6.45. The van der Waals surface area contributed by atoms with Gasteiger partial charge in [-0.3, -0.25) is 0 Å². The average molecular weight is 250 g/mol. The molecule has 0 heterocycles. The van der Waals surface area contributed by atoms with Gasteiger partial charge in [-0.2, -0.15) is 0 Å². The maximum Gasteiger partial charge on any atom is 0.0612 e. The van der Waals surface area contributed by atoms with Crippen LogP contribution in [0, 0.1) is 25.2 Å². The third-order valence-electron chi connectivity index (χ3n) is 3.23. The highest BCUT2D eigenvalue weighted by atomic mass is 35.5. The zero-order chi connectivity index (χ0) is 12.8. The fourth-order valence-electron chi connectivity index (χ4n) is 1.94. The second-order valence-corrected chi connectivity index (χ2v) is 5.05. The summed E-state index contributed by atoms with van der Waals surface area (Å²) in [5.74, 6) is 3.52. The van der Waals surface area contributed by atoms with Gasteiger partial charge in [-0.25, -0.2) is 0 Å². The number of nitrogens with two attached hydrogens (primary N) is 1. The molecule has 17 heavy (non-hydrogen) atoms. The van der Waals surface area contributed by atoms with Crippen LogP contribution in [0.2, 0.25) is 5.02 Å². The van der Waals surface area contributed by atoms with E-state index in [9.17, 15) is 0 Å². The van der Waals surface area contributed by atoms with Gasteiger partial charge in [0, 0.05) is 11.3 Å². The molecule has 1 aromatic rings. The predicted molar refractivity (Wildman–Crippen MR) is 76.2 cm³/mol. The molecule has 0 radical (unpaired) electrons. The number of hydrogen-bond donors (Lipinski definition) is 1. The number of hydrogen-bond acceptors (Lipinski definition) is 1. The Morgan fingerprint density at radius 1 is 1.35 bits per heavy atom. The van der Waals surface area contributed by atoms with Crippen LogP contribution in [0.4, 0.5) is 5.69 Å². The van der Waals surface area contributed by atoms with Crippen molar-refractivity contribution in [1.82, 2.24) is 0 Å². The molecular formula is C15H20ClN. The topological polar surface area (TPSA) is 26.0 Å². The highest BCUT2D eigenvalue weighted by Crippen LogP contribution is 2.24. The number of halogens is 1. The fraction of sp³-hybridized carbons (Fsp3) is 0.467. The van der Waals surface area contributed by atoms with Crippen molar-refractivity contribution in [1.29, 1.82) is 0 Å². The lowest BCUT2D eigenvalue weighted by molar-refractivity contribution is 0.612. The molecule has 0 spiro atoms. The molecular weight excluding hydrogens is 230 g/mol. The highest BCUT2D eigenvalue weighted by molar-refractivity contribution is 6.32. The van der Waals surface area contributed by atoms with Gasteiger partial charge < -0.3 is 5.73 Å². The van der Waals surface area contributed by atoms with Crippen molar-refractivity contribution in [2.24, 2.45) is 5.92 Å². The van der Waals surface area contributed by atoms with E-state index in [1.807, 2.05) is 6.92 Å². The van der Waals surface area contributed by atoms with E-state index < -0.39 is 0 Å². The van der Waals surface area contributed by atoms with E-state index in [0.717, 1.165) is 11.5 Å². The van der Waals surface area contributed by atoms with Gasteiger partial charge in [-0.1, -0.05) is 50.1 Å². The summed E-state index contributed by atoms with van der Waals surface area (Å²) in [5, 5.41) is 0.576. The summed E-state index contributed by atoms with van der Waals surface area (Å²) in [7, 11) is 0. The molecule has 0 atom stereocenters. The molecule has 0 unspecified atom stereocenters. The molecule has 0 saturated heterocycles. The summed E-state index contributed by atoms with van der Waals surface area (Å²) in [6.45, 7) is 4.19. The van der Waals surface area contributed by atoms with Crippen molar-refractivity contribution in [2.75, 3.05) is 5.73 Å². The quantitative estimate of drug-likeness (QED) is 0.535. The van der Waals surface area contributed by atoms with E-state index in [1.165, 1.54) is 25.7 Å². The zero-order valence-corrected chi connectivity index (χ0v) is 11.3. The minimum atomic E-state index is 0.576. The minimum absolute atomic E-state index is 0.576. The van der Waals surface area contributed by atoms with Crippen molar-refractivity contribution in [3.05, 3.63) is 28.3 Å². The van der Waals surface area contributed by atoms with Crippen LogP contribution in [-0.4, -0.2) is 0 Å². The maximum absolute atomic E-state index is 5.88. The lowest BCUT2D eigenvalue weighted by Gasteiger charge is -2.03. The Kier molecular flexibility index (Phi) is 5.38. The molecule has 2 heteroatoms. The van der Waals surface area contributed by atoms with Gasteiger partial charge in [0.25, 0.3) is 0 Å². The molecule has 0 bridgehead atoms. The number of terminal acetylenes is 1. The number of nitrogen functional groups attached to an aromatic ring is 1. The van der Waals surface area contributed by atoms with E-state index >= 15 is 0 Å². The molecule has 1 fully saturated rings. The molecule has 2 N–H and O–H groups in total. The van der Waals surface area contributed by atoms with Crippen molar-refractivity contribution in [3.8, 4) is 12.3 Å². The zero-order valence-electron chi connectivity index (χ0n) is 10.6. The lowest BCUT2D eigenvalue weighted by atomic mass is 10.1. The predicted octanol–water partition coefficient (Wildman–Crippen LogP) is 4.41. The van der Waals surface area contributed by atoms with Crippen LogP contribution < -0.4 is 5.73 Å². The standard InChI is InChI=1S/C9H8ClN.C6H12/c1-3-7-4-5-8(11)6(2)9(7)10;1-6-4-2-3-5-6/h1,4-5H,11H2,2H3;6H,2-5H2,1H3. The summed E-state index contributed by atoms with van der Waals surface area (Å²) in [4.78, 5) is 0. The molecule has 1 aliphatic rings. The second kappa shape index (κ2) is 6.57. The Morgan fingerprint density at radius 3 is 2.35 bits per heavy atom. The Bertz CT molecular complexity index is 412. The van der Waals surface area contributed by atoms with Crippen LogP contribution in [-0.2, 0) is 0 Å². The van der Waals surface area contributed by atoms with E-state index in [0.29, 0.717) is 16.3 Å². The normalized spacial score (nSPS) is 14.9. The van der Waals surface area contributed by atoms with Crippen LogP contribution in [0.5, 0.6) is 0 Å². The molecule has 1 nitrogen and oxygen atoms in total. The average Bonchev–Trinajstić information content (AvgIpc) is 2.78. The molecule has 1 aliphatic carbocycles. The highest BCUT2D eigenvalue weighted by Gasteiger charge is 2.07. The van der Waals surface area contributed by atoms with Crippen molar-refractivity contribution in [2.45, 2.75) is 39.5 Å². The molecule has 0 aromatic heterocycles. The summed E-state index contributed by atoms with van der Waals surface area (Å²) < 4.78 is 0. The maximum atomic E-state index is 5.88. The van der Waals surface area contributed by atoms with E-state index in [2.05, 4.69) is 12.8 Å². The number of rotatable bonds is 0. The van der Waals surface area contributed by atoms with Crippen molar-refractivity contribution >= 4 is 17.3 Å². The minimum Gasteiger partial charge on any atom is -0.398 e. The Balaban J connectivity index is 0.000000202. The Labute approximate surface area is 109 Å². The molecule has 0 amide bonds. The second-order valence-electron chi connectivity index (χ2n) is 4.68. The number of anilines is 1. The van der Waals surface area contributed by atoms with Crippen LogP contribution in [0.3, 0.4) is 0 Å². The van der Waals surface area contributed by atoms with Crippen molar-refractivity contribution < 1.29 is 0 Å². The largest absolute Gasteiger partial charge is 0.398 e. The third kappa shape index (κ3) is 3.98. The summed E-state index contributed by atoms with van der Waals surface area (Å²) in [6.07, 6.45) is 11.1. The SMILES string of the molecule is C#Cc1ccc(N)c(C)c1Cl.CC1CCCC1. The summed E-state index contributed by atoms with van der Waals surface area (Å²) in [6, 6.07) is 3.50. The molecule has 1 saturated carbocycles. The first-order chi connectivity index (χ1) is 8.06. The number of benzene rings is 1. The Hall–Kier alpha value is -1.13. The van der Waals surface area contributed by atoms with E-state index in [4.69, 9.17) is 23.8 Å². The summed E-state index contributed by atoms with van der Waals surface area (Å²) in [5.41, 5.74) is 7.81. The van der Waals surface area contributed by atoms with Gasteiger partial charge in [0.2, 0.25) is 0 Å². The lowest BCUT2D eigenvalue weighted by Crippen LogP contribution is -1.91. The first-order valence-electron chi connectivity index (χ1n) is 6.07. The van der Waals surface area contributed by atoms with Gasteiger partial charge >= 0.3 is 0 Å². The molecule has 0 aliphatic heterocycles. The van der Waals surface area contributed by atoms with Crippen LogP contribution in [0.15, 0.2) is 12.1 Å². The summed E-state index contributed by atoms with van der Waals surface area (Å²) >= 11 is 5.88. The van der Waals surface area contributed by atoms with Gasteiger partial charge in [0.1, 0.15) is 0 Å². The van der Waals surface area contributed by atoms with Crippen LogP contribution in [0.25, 0.3) is 0 Å². The smallest absolute Gasteiger partial charge is 0.0612 e. The van der Waals surface area contributed by atoms with E-state index in [-0.39, 0.29) is 0 Å². The third-order valence-corrected chi connectivity index (χ3v) is 3.71. The van der Waals surface area contributed by atoms with Crippen LogP contribution >= 0.6 is 11.6 Å². The van der Waals surface area contributed by atoms with Crippen molar-refractivity contribution in [3.63, 3.8) is 0 Å². The van der Waals surface area contributed by atoms with E-state index in [1.54, 1.807) is 12.1 Å². The Morgan fingerprint density at radius 2 is 1.94 bits per heavy atom.